The number of hydrogen-bond acceptors (Lipinski definition) is 2. The number of rotatable bonds is 2. The van der Waals surface area contributed by atoms with Crippen molar-refractivity contribution in [1.29, 1.82) is 0 Å². The van der Waals surface area contributed by atoms with Crippen LogP contribution >= 0.6 is 0 Å². The van der Waals surface area contributed by atoms with E-state index in [2.05, 4.69) is 0 Å². The summed E-state index contributed by atoms with van der Waals surface area (Å²) in [5, 5.41) is 0. The van der Waals surface area contributed by atoms with Crippen LogP contribution in [0.5, 0.6) is 0 Å². The molecule has 0 aliphatic heterocycles. The fraction of sp³-hybridized carbons (Fsp3) is 0.444. The monoisotopic (exact) mass is 150 g/mol. The summed E-state index contributed by atoms with van der Waals surface area (Å²) in [4.78, 5) is 10.8. The van der Waals surface area contributed by atoms with Crippen molar-refractivity contribution in [1.82, 2.24) is 0 Å². The molecule has 1 aliphatic rings. The van der Waals surface area contributed by atoms with Gasteiger partial charge < -0.3 is 4.42 Å². The summed E-state index contributed by atoms with van der Waals surface area (Å²) in [5.74, 6) is 1.67. The van der Waals surface area contributed by atoms with E-state index < -0.39 is 0 Å². The molecule has 58 valence electrons. The number of carbonyl (C=O) groups excluding carboxylic acids is 1. The fourth-order valence-corrected chi connectivity index (χ4v) is 1.12. The molecule has 0 unspecified atom stereocenters. The third-order valence-corrected chi connectivity index (χ3v) is 2.01. The van der Waals surface area contributed by atoms with Crippen molar-refractivity contribution < 1.29 is 9.21 Å². The molecule has 1 heterocycles. The van der Waals surface area contributed by atoms with Crippen molar-refractivity contribution in [3.63, 3.8) is 0 Å². The van der Waals surface area contributed by atoms with Gasteiger partial charge in [0.05, 0.1) is 5.56 Å². The second kappa shape index (κ2) is 2.22. The van der Waals surface area contributed by atoms with Crippen molar-refractivity contribution in [2.45, 2.75) is 25.7 Å². The van der Waals surface area contributed by atoms with E-state index in [1.54, 1.807) is 13.2 Å². The largest absolute Gasteiger partial charge is 0.468 e. The Labute approximate surface area is 65.2 Å². The van der Waals surface area contributed by atoms with Gasteiger partial charge in [-0.1, -0.05) is 0 Å². The van der Waals surface area contributed by atoms with Crippen LogP contribution in [0.25, 0.3) is 0 Å². The predicted octanol–water partition coefficient (Wildman–Crippen LogP) is 2.36. The Morgan fingerprint density at radius 3 is 2.82 bits per heavy atom. The number of furan rings is 1. The first-order chi connectivity index (χ1) is 5.27. The molecule has 0 amide bonds. The molecular weight excluding hydrogens is 140 g/mol. The van der Waals surface area contributed by atoms with Crippen LogP contribution in [-0.4, -0.2) is 5.78 Å². The number of ketones is 1. The van der Waals surface area contributed by atoms with Crippen LogP contribution < -0.4 is 0 Å². The molecule has 0 spiro atoms. The molecule has 2 heteroatoms. The summed E-state index contributed by atoms with van der Waals surface area (Å²) in [6.45, 7) is 1.56. The van der Waals surface area contributed by atoms with Gasteiger partial charge in [-0.25, -0.2) is 0 Å². The van der Waals surface area contributed by atoms with Crippen molar-refractivity contribution in [2.24, 2.45) is 0 Å². The summed E-state index contributed by atoms with van der Waals surface area (Å²) in [6, 6.07) is 1.86. The van der Waals surface area contributed by atoms with E-state index in [1.807, 2.05) is 6.07 Å². The lowest BCUT2D eigenvalue weighted by atomic mass is 10.2. The summed E-state index contributed by atoms with van der Waals surface area (Å²) in [7, 11) is 0. The Hall–Kier alpha value is -1.05. The first-order valence-corrected chi connectivity index (χ1v) is 3.87. The van der Waals surface area contributed by atoms with Crippen LogP contribution in [-0.2, 0) is 0 Å². The molecule has 0 N–H and O–H groups in total. The zero-order valence-corrected chi connectivity index (χ0v) is 6.46. The topological polar surface area (TPSA) is 30.2 Å². The molecule has 0 radical (unpaired) electrons. The summed E-state index contributed by atoms with van der Waals surface area (Å²) in [5.41, 5.74) is 0.701. The average molecular weight is 150 g/mol. The van der Waals surface area contributed by atoms with Gasteiger partial charge in [-0.15, -0.1) is 0 Å². The van der Waals surface area contributed by atoms with Crippen LogP contribution in [0, 0.1) is 0 Å². The number of hydrogen-bond donors (Lipinski definition) is 0. The Balaban J connectivity index is 2.25. The maximum absolute atomic E-state index is 10.8. The molecular formula is C9H10O2. The lowest BCUT2D eigenvalue weighted by Crippen LogP contribution is -1.86. The second-order valence-electron chi connectivity index (χ2n) is 3.07. The highest BCUT2D eigenvalue weighted by atomic mass is 16.3. The molecule has 2 nitrogen and oxygen atoms in total. The first kappa shape index (κ1) is 6.65. The van der Waals surface area contributed by atoms with Crippen LogP contribution in [0.1, 0.15) is 41.8 Å². The second-order valence-corrected chi connectivity index (χ2v) is 3.07. The van der Waals surface area contributed by atoms with Gasteiger partial charge in [0.25, 0.3) is 0 Å². The zero-order chi connectivity index (χ0) is 7.84. The van der Waals surface area contributed by atoms with Gasteiger partial charge in [-0.3, -0.25) is 4.79 Å². The minimum Gasteiger partial charge on any atom is -0.468 e. The standard InChI is InChI=1S/C9H10O2/c1-6(10)8-4-9(11-5-8)7-2-3-7/h4-5,7H,2-3H2,1H3. The quantitative estimate of drug-likeness (QED) is 0.606. The summed E-state index contributed by atoms with van der Waals surface area (Å²) in [6.07, 6.45) is 3.98. The van der Waals surface area contributed by atoms with E-state index in [1.165, 1.54) is 12.8 Å². The van der Waals surface area contributed by atoms with E-state index >= 15 is 0 Å². The fourth-order valence-electron chi connectivity index (χ4n) is 1.12. The van der Waals surface area contributed by atoms with Crippen LogP contribution in [0.3, 0.4) is 0 Å². The molecule has 0 bridgehead atoms. The van der Waals surface area contributed by atoms with Crippen molar-refractivity contribution >= 4 is 5.78 Å². The molecule has 0 aromatic carbocycles. The maximum Gasteiger partial charge on any atom is 0.163 e. The Bertz CT molecular complexity index is 282. The molecule has 1 aliphatic carbocycles. The Morgan fingerprint density at radius 2 is 2.36 bits per heavy atom. The highest BCUT2D eigenvalue weighted by Gasteiger charge is 2.27. The highest BCUT2D eigenvalue weighted by Crippen LogP contribution is 2.40. The predicted molar refractivity (Wildman–Crippen MR) is 40.7 cm³/mol. The van der Waals surface area contributed by atoms with Crippen molar-refractivity contribution in [3.8, 4) is 0 Å². The van der Waals surface area contributed by atoms with Gasteiger partial charge >= 0.3 is 0 Å². The third-order valence-electron chi connectivity index (χ3n) is 2.01. The van der Waals surface area contributed by atoms with Gasteiger partial charge in [0.15, 0.2) is 5.78 Å². The molecule has 2 rings (SSSR count). The average Bonchev–Trinajstić information content (AvgIpc) is 2.68. The molecule has 11 heavy (non-hydrogen) atoms. The van der Waals surface area contributed by atoms with Crippen LogP contribution in [0.4, 0.5) is 0 Å². The van der Waals surface area contributed by atoms with E-state index in [9.17, 15) is 4.79 Å². The number of Topliss-reactive ketones (excluding diaryl/α,β-unsaturated/α-hetero) is 1. The summed E-state index contributed by atoms with van der Waals surface area (Å²) >= 11 is 0. The molecule has 0 atom stereocenters. The molecule has 1 aromatic heterocycles. The Morgan fingerprint density at radius 1 is 1.64 bits per heavy atom. The van der Waals surface area contributed by atoms with Gasteiger partial charge in [-0.05, 0) is 25.8 Å². The zero-order valence-electron chi connectivity index (χ0n) is 6.46. The van der Waals surface area contributed by atoms with Crippen molar-refractivity contribution in [2.75, 3.05) is 0 Å². The minimum atomic E-state index is 0.0839. The van der Waals surface area contributed by atoms with Gasteiger partial charge in [0.2, 0.25) is 0 Å². The highest BCUT2D eigenvalue weighted by molar-refractivity contribution is 5.93. The molecule has 1 saturated carbocycles. The first-order valence-electron chi connectivity index (χ1n) is 3.87. The smallest absolute Gasteiger partial charge is 0.163 e. The van der Waals surface area contributed by atoms with Gasteiger partial charge in [-0.2, -0.15) is 0 Å². The Kier molecular flexibility index (Phi) is 1.34. The third kappa shape index (κ3) is 1.20. The maximum atomic E-state index is 10.8. The number of carbonyl (C=O) groups is 1. The van der Waals surface area contributed by atoms with Crippen molar-refractivity contribution in [3.05, 3.63) is 23.7 Å². The summed E-state index contributed by atoms with van der Waals surface area (Å²) < 4.78 is 5.23. The SMILES string of the molecule is CC(=O)c1coc(C2CC2)c1. The van der Waals surface area contributed by atoms with E-state index in [0.717, 1.165) is 5.76 Å². The lowest BCUT2D eigenvalue weighted by molar-refractivity contribution is 0.101. The molecule has 1 fully saturated rings. The molecule has 1 aromatic rings. The van der Waals surface area contributed by atoms with E-state index in [-0.39, 0.29) is 5.78 Å². The molecule has 0 saturated heterocycles. The lowest BCUT2D eigenvalue weighted by Gasteiger charge is -1.83. The van der Waals surface area contributed by atoms with Crippen LogP contribution in [0.15, 0.2) is 16.7 Å². The van der Waals surface area contributed by atoms with Gasteiger partial charge in [0, 0.05) is 5.92 Å². The minimum absolute atomic E-state index is 0.0839. The van der Waals surface area contributed by atoms with Gasteiger partial charge in [0.1, 0.15) is 12.0 Å². The normalized spacial score (nSPS) is 16.8. The van der Waals surface area contributed by atoms with E-state index in [0.29, 0.717) is 11.5 Å². The van der Waals surface area contributed by atoms with E-state index in [4.69, 9.17) is 4.42 Å². The van der Waals surface area contributed by atoms with Crippen LogP contribution in [0.2, 0.25) is 0 Å².